The Morgan fingerprint density at radius 1 is 1.17 bits per heavy atom. The molecule has 2 aromatic carbocycles. The van der Waals surface area contributed by atoms with Crippen LogP contribution in [-0.2, 0) is 6.54 Å². The van der Waals surface area contributed by atoms with Crippen molar-refractivity contribution in [2.24, 2.45) is 0 Å². The van der Waals surface area contributed by atoms with Gasteiger partial charge in [-0.05, 0) is 32.0 Å². The Morgan fingerprint density at radius 2 is 1.87 bits per heavy atom. The molecule has 0 aliphatic rings. The number of rotatable bonds is 4. The maximum absolute atomic E-state index is 13.0. The van der Waals surface area contributed by atoms with Crippen molar-refractivity contribution in [1.82, 2.24) is 4.57 Å². The molecule has 23 heavy (non-hydrogen) atoms. The SMILES string of the molecule is C=CCn1c(C)c(C(=O)c2ccc(C)cc2)c2cc(Cl)ccc21. The first-order valence-electron chi connectivity index (χ1n) is 7.53. The first kappa shape index (κ1) is 15.6. The quantitative estimate of drug-likeness (QED) is 0.470. The first-order chi connectivity index (χ1) is 11.0. The number of carbonyl (C=O) groups is 1. The predicted molar refractivity (Wildman–Crippen MR) is 96.5 cm³/mol. The number of nitrogens with zero attached hydrogens (tertiary/aromatic N) is 1. The molecule has 3 rings (SSSR count). The molecule has 0 N–H and O–H groups in total. The standard InChI is InChI=1S/C20H18ClNO/c1-4-11-22-14(3)19(17-12-16(21)9-10-18(17)22)20(23)15-7-5-13(2)6-8-15/h4-10,12H,1,11H2,2-3H3. The summed E-state index contributed by atoms with van der Waals surface area (Å²) < 4.78 is 2.10. The highest BCUT2D eigenvalue weighted by Crippen LogP contribution is 2.30. The Hall–Kier alpha value is -2.32. The second-order valence-corrected chi connectivity index (χ2v) is 6.15. The van der Waals surface area contributed by atoms with Crippen molar-refractivity contribution in [2.75, 3.05) is 0 Å². The molecule has 0 fully saturated rings. The molecule has 0 saturated carbocycles. The minimum absolute atomic E-state index is 0.0255. The van der Waals surface area contributed by atoms with Gasteiger partial charge in [-0.3, -0.25) is 4.79 Å². The third-order valence-electron chi connectivity index (χ3n) is 4.14. The van der Waals surface area contributed by atoms with Crippen molar-refractivity contribution in [1.29, 1.82) is 0 Å². The van der Waals surface area contributed by atoms with E-state index in [1.165, 1.54) is 0 Å². The maximum Gasteiger partial charge on any atom is 0.195 e. The summed E-state index contributed by atoms with van der Waals surface area (Å²) in [6.07, 6.45) is 1.83. The number of carbonyl (C=O) groups excluding carboxylic acids is 1. The van der Waals surface area contributed by atoms with E-state index in [2.05, 4.69) is 11.1 Å². The second-order valence-electron chi connectivity index (χ2n) is 5.72. The topological polar surface area (TPSA) is 22.0 Å². The first-order valence-corrected chi connectivity index (χ1v) is 7.91. The summed E-state index contributed by atoms with van der Waals surface area (Å²) >= 11 is 6.16. The van der Waals surface area contributed by atoms with Gasteiger partial charge in [-0.15, -0.1) is 6.58 Å². The number of hydrogen-bond donors (Lipinski definition) is 0. The largest absolute Gasteiger partial charge is 0.340 e. The molecule has 0 amide bonds. The van der Waals surface area contributed by atoms with E-state index < -0.39 is 0 Å². The smallest absolute Gasteiger partial charge is 0.195 e. The monoisotopic (exact) mass is 323 g/mol. The van der Waals surface area contributed by atoms with Crippen molar-refractivity contribution in [2.45, 2.75) is 20.4 Å². The van der Waals surface area contributed by atoms with Crippen LogP contribution in [0.4, 0.5) is 0 Å². The Labute approximate surface area is 141 Å². The minimum atomic E-state index is 0.0255. The van der Waals surface area contributed by atoms with Crippen molar-refractivity contribution >= 4 is 28.3 Å². The summed E-state index contributed by atoms with van der Waals surface area (Å²) in [6, 6.07) is 13.3. The Bertz CT molecular complexity index is 904. The number of fused-ring (bicyclic) bond motifs is 1. The molecule has 0 aliphatic carbocycles. The van der Waals surface area contributed by atoms with E-state index in [0.29, 0.717) is 22.7 Å². The van der Waals surface area contributed by atoms with Gasteiger partial charge in [-0.25, -0.2) is 0 Å². The lowest BCUT2D eigenvalue weighted by molar-refractivity contribution is 0.103. The third kappa shape index (κ3) is 2.71. The summed E-state index contributed by atoms with van der Waals surface area (Å²) in [4.78, 5) is 13.0. The summed E-state index contributed by atoms with van der Waals surface area (Å²) in [5.74, 6) is 0.0255. The molecule has 0 atom stereocenters. The molecule has 0 radical (unpaired) electrons. The zero-order valence-corrected chi connectivity index (χ0v) is 14.0. The number of allylic oxidation sites excluding steroid dienone is 1. The molecule has 3 aromatic rings. The van der Waals surface area contributed by atoms with Gasteiger partial charge in [-0.1, -0.05) is 47.5 Å². The van der Waals surface area contributed by atoms with Crippen molar-refractivity contribution in [3.05, 3.63) is 82.5 Å². The van der Waals surface area contributed by atoms with Crippen molar-refractivity contribution in [3.8, 4) is 0 Å². The molecule has 0 bridgehead atoms. The van der Waals surface area contributed by atoms with E-state index in [0.717, 1.165) is 22.2 Å². The second kappa shape index (κ2) is 6.05. The molecule has 0 saturated heterocycles. The average molecular weight is 324 g/mol. The van der Waals surface area contributed by atoms with E-state index in [1.807, 2.05) is 62.4 Å². The van der Waals surface area contributed by atoms with Gasteiger partial charge in [0.05, 0.1) is 5.56 Å². The van der Waals surface area contributed by atoms with Crippen LogP contribution >= 0.6 is 11.6 Å². The number of halogens is 1. The van der Waals surface area contributed by atoms with Crippen LogP contribution in [-0.4, -0.2) is 10.4 Å². The van der Waals surface area contributed by atoms with Crippen LogP contribution in [0.1, 0.15) is 27.2 Å². The average Bonchev–Trinajstić information content (AvgIpc) is 2.79. The van der Waals surface area contributed by atoms with Crippen molar-refractivity contribution in [3.63, 3.8) is 0 Å². The predicted octanol–water partition coefficient (Wildman–Crippen LogP) is 5.33. The van der Waals surface area contributed by atoms with Crippen LogP contribution < -0.4 is 0 Å². The summed E-state index contributed by atoms with van der Waals surface area (Å²) in [6.45, 7) is 8.45. The lowest BCUT2D eigenvalue weighted by Crippen LogP contribution is -2.05. The van der Waals surface area contributed by atoms with E-state index in [4.69, 9.17) is 11.6 Å². The van der Waals surface area contributed by atoms with Gasteiger partial charge in [-0.2, -0.15) is 0 Å². The summed E-state index contributed by atoms with van der Waals surface area (Å²) in [5.41, 5.74) is 4.48. The zero-order chi connectivity index (χ0) is 16.6. The molecule has 3 heteroatoms. The number of aryl methyl sites for hydroxylation is 1. The Morgan fingerprint density at radius 3 is 2.52 bits per heavy atom. The van der Waals surface area contributed by atoms with Gasteiger partial charge < -0.3 is 4.57 Å². The molecular weight excluding hydrogens is 306 g/mol. The molecule has 0 unspecified atom stereocenters. The highest BCUT2D eigenvalue weighted by atomic mass is 35.5. The van der Waals surface area contributed by atoms with Crippen LogP contribution in [0.25, 0.3) is 10.9 Å². The van der Waals surface area contributed by atoms with Gasteiger partial charge >= 0.3 is 0 Å². The Kier molecular flexibility index (Phi) is 4.10. The van der Waals surface area contributed by atoms with Crippen LogP contribution in [0.2, 0.25) is 5.02 Å². The molecular formula is C20H18ClNO. The highest BCUT2D eigenvalue weighted by Gasteiger charge is 2.20. The van der Waals surface area contributed by atoms with Gasteiger partial charge in [0.15, 0.2) is 5.78 Å². The van der Waals surface area contributed by atoms with Crippen LogP contribution in [0.3, 0.4) is 0 Å². The number of benzene rings is 2. The van der Waals surface area contributed by atoms with Gasteiger partial charge in [0.1, 0.15) is 0 Å². The third-order valence-corrected chi connectivity index (χ3v) is 4.37. The van der Waals surface area contributed by atoms with Gasteiger partial charge in [0.2, 0.25) is 0 Å². The van der Waals surface area contributed by atoms with Gasteiger partial charge in [0.25, 0.3) is 0 Å². The number of ketones is 1. The molecule has 1 heterocycles. The van der Waals surface area contributed by atoms with E-state index in [9.17, 15) is 4.79 Å². The Balaban J connectivity index is 2.25. The van der Waals surface area contributed by atoms with Crippen LogP contribution in [0, 0.1) is 13.8 Å². The van der Waals surface area contributed by atoms with E-state index in [-0.39, 0.29) is 5.78 Å². The highest BCUT2D eigenvalue weighted by molar-refractivity contribution is 6.31. The number of hydrogen-bond acceptors (Lipinski definition) is 1. The van der Waals surface area contributed by atoms with Gasteiger partial charge in [0, 0.05) is 33.7 Å². The lowest BCUT2D eigenvalue weighted by Gasteiger charge is -2.05. The van der Waals surface area contributed by atoms with Crippen molar-refractivity contribution < 1.29 is 4.79 Å². The van der Waals surface area contributed by atoms with Crippen LogP contribution in [0.5, 0.6) is 0 Å². The van der Waals surface area contributed by atoms with Crippen LogP contribution in [0.15, 0.2) is 55.1 Å². The molecule has 0 aliphatic heterocycles. The van der Waals surface area contributed by atoms with E-state index in [1.54, 1.807) is 0 Å². The fourth-order valence-corrected chi connectivity index (χ4v) is 3.13. The zero-order valence-electron chi connectivity index (χ0n) is 13.3. The summed E-state index contributed by atoms with van der Waals surface area (Å²) in [5, 5.41) is 1.52. The fraction of sp³-hybridized carbons (Fsp3) is 0.150. The fourth-order valence-electron chi connectivity index (χ4n) is 2.95. The molecule has 116 valence electrons. The maximum atomic E-state index is 13.0. The molecule has 2 nitrogen and oxygen atoms in total. The lowest BCUT2D eigenvalue weighted by atomic mass is 10.00. The number of aromatic nitrogens is 1. The normalized spacial score (nSPS) is 10.9. The minimum Gasteiger partial charge on any atom is -0.340 e. The molecule has 0 spiro atoms. The van der Waals surface area contributed by atoms with E-state index >= 15 is 0 Å². The molecule has 1 aromatic heterocycles. The summed E-state index contributed by atoms with van der Waals surface area (Å²) in [7, 11) is 0.